The molecule has 4 nitrogen and oxygen atoms in total. The molecule has 1 fully saturated rings. The molecule has 0 saturated heterocycles. The van der Waals surface area contributed by atoms with Crippen molar-refractivity contribution < 1.29 is 0 Å². The first-order chi connectivity index (χ1) is 9.80. The van der Waals surface area contributed by atoms with Gasteiger partial charge in [0.1, 0.15) is 0 Å². The van der Waals surface area contributed by atoms with Gasteiger partial charge in [0.25, 0.3) is 0 Å². The van der Waals surface area contributed by atoms with Crippen LogP contribution in [0, 0.1) is 5.92 Å². The van der Waals surface area contributed by atoms with Crippen molar-refractivity contribution in [3.8, 4) is 0 Å². The third-order valence-corrected chi connectivity index (χ3v) is 4.68. The molecule has 2 unspecified atom stereocenters. The number of nitrogens with two attached hydrogens (primary N) is 1. The third kappa shape index (κ3) is 3.61. The highest BCUT2D eigenvalue weighted by Gasteiger charge is 2.28. The van der Waals surface area contributed by atoms with Crippen LogP contribution < -0.4 is 5.73 Å². The molecule has 1 aliphatic rings. The van der Waals surface area contributed by atoms with E-state index >= 15 is 0 Å². The molecule has 0 bridgehead atoms. The molecule has 0 radical (unpaired) electrons. The Morgan fingerprint density at radius 2 is 2.15 bits per heavy atom. The summed E-state index contributed by atoms with van der Waals surface area (Å²) in [4.78, 5) is 6.93. The maximum Gasteiger partial charge on any atom is 0.0948 e. The van der Waals surface area contributed by atoms with E-state index in [4.69, 9.17) is 5.73 Å². The van der Waals surface area contributed by atoms with Gasteiger partial charge in [-0.3, -0.25) is 4.90 Å². The lowest BCUT2D eigenvalue weighted by Crippen LogP contribution is -2.44. The Balaban J connectivity index is 2.05. The zero-order valence-corrected chi connectivity index (χ0v) is 13.1. The van der Waals surface area contributed by atoms with Crippen molar-refractivity contribution in [2.24, 2.45) is 11.7 Å². The highest BCUT2D eigenvalue weighted by molar-refractivity contribution is 4.99. The number of aryl methyl sites for hydroxylation is 1. The first-order valence-corrected chi connectivity index (χ1v) is 8.23. The first-order valence-electron chi connectivity index (χ1n) is 8.23. The second-order valence-corrected chi connectivity index (χ2v) is 5.99. The molecule has 0 spiro atoms. The molecule has 2 rings (SSSR count). The summed E-state index contributed by atoms with van der Waals surface area (Å²) in [6.07, 6.45) is 10.5. The predicted molar refractivity (Wildman–Crippen MR) is 83.4 cm³/mol. The molecule has 1 saturated carbocycles. The van der Waals surface area contributed by atoms with E-state index in [1.54, 1.807) is 0 Å². The van der Waals surface area contributed by atoms with Gasteiger partial charge in [-0.2, -0.15) is 0 Å². The Morgan fingerprint density at radius 1 is 1.35 bits per heavy atom. The van der Waals surface area contributed by atoms with E-state index in [9.17, 15) is 0 Å². The van der Waals surface area contributed by atoms with Crippen molar-refractivity contribution >= 4 is 0 Å². The second-order valence-electron chi connectivity index (χ2n) is 5.99. The average molecular weight is 278 g/mol. The monoisotopic (exact) mass is 278 g/mol. The van der Waals surface area contributed by atoms with Gasteiger partial charge in [0, 0.05) is 25.3 Å². The molecule has 1 heterocycles. The van der Waals surface area contributed by atoms with Gasteiger partial charge >= 0.3 is 0 Å². The normalized spacial score (nSPS) is 23.4. The van der Waals surface area contributed by atoms with Crippen LogP contribution in [-0.4, -0.2) is 33.6 Å². The Labute approximate surface area is 123 Å². The van der Waals surface area contributed by atoms with E-state index in [0.29, 0.717) is 12.0 Å². The summed E-state index contributed by atoms with van der Waals surface area (Å²) < 4.78 is 2.29. The zero-order chi connectivity index (χ0) is 14.4. The van der Waals surface area contributed by atoms with Gasteiger partial charge in [0.15, 0.2) is 0 Å². The number of nitrogens with zero attached hydrogens (tertiary/aromatic N) is 3. The van der Waals surface area contributed by atoms with Crippen LogP contribution in [0.3, 0.4) is 0 Å². The fourth-order valence-corrected chi connectivity index (χ4v) is 3.54. The van der Waals surface area contributed by atoms with Gasteiger partial charge < -0.3 is 10.3 Å². The lowest BCUT2D eigenvalue weighted by Gasteiger charge is -2.39. The highest BCUT2D eigenvalue weighted by atomic mass is 15.2. The summed E-state index contributed by atoms with van der Waals surface area (Å²) >= 11 is 0. The minimum atomic E-state index is 0.656. The van der Waals surface area contributed by atoms with Crippen LogP contribution >= 0.6 is 0 Å². The van der Waals surface area contributed by atoms with Crippen molar-refractivity contribution in [1.82, 2.24) is 14.5 Å². The molecule has 1 aromatic heterocycles. The van der Waals surface area contributed by atoms with Crippen molar-refractivity contribution in [3.05, 3.63) is 18.2 Å². The van der Waals surface area contributed by atoms with Gasteiger partial charge in [-0.25, -0.2) is 4.98 Å². The summed E-state index contributed by atoms with van der Waals surface area (Å²) in [5, 5.41) is 0. The Hall–Kier alpha value is -0.870. The summed E-state index contributed by atoms with van der Waals surface area (Å²) in [6.45, 7) is 8.49. The van der Waals surface area contributed by atoms with Crippen LogP contribution in [0.1, 0.15) is 51.6 Å². The van der Waals surface area contributed by atoms with E-state index in [-0.39, 0.29) is 0 Å². The molecule has 0 aromatic carbocycles. The van der Waals surface area contributed by atoms with Gasteiger partial charge in [-0.05, 0) is 38.3 Å². The van der Waals surface area contributed by atoms with Crippen LogP contribution in [0.2, 0.25) is 0 Å². The van der Waals surface area contributed by atoms with Crippen LogP contribution in [-0.2, 0) is 13.1 Å². The minimum Gasteiger partial charge on any atom is -0.333 e. The summed E-state index contributed by atoms with van der Waals surface area (Å²) in [5.74, 6) is 0.672. The topological polar surface area (TPSA) is 47.1 Å². The zero-order valence-electron chi connectivity index (χ0n) is 13.1. The van der Waals surface area contributed by atoms with E-state index < -0.39 is 0 Å². The van der Waals surface area contributed by atoms with Crippen molar-refractivity contribution in [2.45, 2.75) is 65.1 Å². The SMILES string of the molecule is CCCn1cncc1CN(CC)C1CCCCC1CN. The average Bonchev–Trinajstić information content (AvgIpc) is 2.92. The van der Waals surface area contributed by atoms with Crippen molar-refractivity contribution in [1.29, 1.82) is 0 Å². The number of hydrogen-bond donors (Lipinski definition) is 1. The standard InChI is InChI=1S/C16H30N4/c1-3-9-20-13-18-11-15(20)12-19(4-2)16-8-6-5-7-14(16)10-17/h11,13-14,16H,3-10,12,17H2,1-2H3. The Kier molecular flexibility index (Phi) is 6.05. The lowest BCUT2D eigenvalue weighted by atomic mass is 9.83. The predicted octanol–water partition coefficient (Wildman–Crippen LogP) is 2.63. The van der Waals surface area contributed by atoms with Gasteiger partial charge in [0.2, 0.25) is 0 Å². The van der Waals surface area contributed by atoms with E-state index in [2.05, 4.69) is 28.3 Å². The Bertz CT molecular complexity index is 388. The molecular formula is C16H30N4. The fourth-order valence-electron chi connectivity index (χ4n) is 3.54. The van der Waals surface area contributed by atoms with Crippen LogP contribution in [0.15, 0.2) is 12.5 Å². The smallest absolute Gasteiger partial charge is 0.0948 e. The van der Waals surface area contributed by atoms with Crippen LogP contribution in [0.25, 0.3) is 0 Å². The second kappa shape index (κ2) is 7.79. The summed E-state index contributed by atoms with van der Waals surface area (Å²) in [6, 6.07) is 0.656. The summed E-state index contributed by atoms with van der Waals surface area (Å²) in [5.41, 5.74) is 7.34. The molecular weight excluding hydrogens is 248 g/mol. The van der Waals surface area contributed by atoms with E-state index in [1.165, 1.54) is 31.4 Å². The largest absolute Gasteiger partial charge is 0.333 e. The number of hydrogen-bond acceptors (Lipinski definition) is 3. The third-order valence-electron chi connectivity index (χ3n) is 4.68. The van der Waals surface area contributed by atoms with Gasteiger partial charge in [-0.15, -0.1) is 0 Å². The van der Waals surface area contributed by atoms with E-state index in [0.717, 1.165) is 32.6 Å². The fraction of sp³-hybridized carbons (Fsp3) is 0.812. The highest BCUT2D eigenvalue weighted by Crippen LogP contribution is 2.28. The summed E-state index contributed by atoms with van der Waals surface area (Å²) in [7, 11) is 0. The molecule has 0 aliphatic heterocycles. The molecule has 1 aromatic rings. The number of imidazole rings is 1. The molecule has 2 N–H and O–H groups in total. The molecule has 0 amide bonds. The number of aromatic nitrogens is 2. The molecule has 4 heteroatoms. The van der Waals surface area contributed by atoms with Crippen molar-refractivity contribution in [3.63, 3.8) is 0 Å². The lowest BCUT2D eigenvalue weighted by molar-refractivity contribution is 0.103. The molecule has 114 valence electrons. The quantitative estimate of drug-likeness (QED) is 0.834. The van der Waals surface area contributed by atoms with E-state index in [1.807, 2.05) is 12.5 Å². The van der Waals surface area contributed by atoms with Crippen molar-refractivity contribution in [2.75, 3.05) is 13.1 Å². The van der Waals surface area contributed by atoms with Gasteiger partial charge in [-0.1, -0.05) is 26.7 Å². The molecule has 20 heavy (non-hydrogen) atoms. The Morgan fingerprint density at radius 3 is 2.85 bits per heavy atom. The minimum absolute atomic E-state index is 0.656. The molecule has 2 atom stereocenters. The maximum atomic E-state index is 5.99. The first kappa shape index (κ1) is 15.5. The van der Waals surface area contributed by atoms with Crippen LogP contribution in [0.4, 0.5) is 0 Å². The van der Waals surface area contributed by atoms with Gasteiger partial charge in [0.05, 0.1) is 12.0 Å². The maximum absolute atomic E-state index is 5.99. The van der Waals surface area contributed by atoms with Crippen LogP contribution in [0.5, 0.6) is 0 Å². The molecule has 1 aliphatic carbocycles. The number of rotatable bonds is 7.